The molecule has 4 heterocycles. The maximum Gasteiger partial charge on any atom is 0.329 e. The third-order valence-corrected chi connectivity index (χ3v) is 13.9. The number of anilines is 2. The zero-order valence-electron chi connectivity index (χ0n) is 32.9. The normalized spacial score (nSPS) is 17.3. The van der Waals surface area contributed by atoms with Crippen molar-refractivity contribution in [1.82, 2.24) is 0 Å². The second-order valence-corrected chi connectivity index (χ2v) is 21.0. The summed E-state index contributed by atoms with van der Waals surface area (Å²) in [6.45, 7) is 31.2. The van der Waals surface area contributed by atoms with Crippen LogP contribution in [0.2, 0.25) is 0 Å². The monoisotopic (exact) mass is 685 g/mol. The van der Waals surface area contributed by atoms with Gasteiger partial charge in [-0.25, -0.2) is 0 Å². The van der Waals surface area contributed by atoms with Crippen LogP contribution in [0.15, 0.2) is 88.7 Å². The van der Waals surface area contributed by atoms with Gasteiger partial charge >= 0.3 is 6.85 Å². The van der Waals surface area contributed by atoms with Gasteiger partial charge in [-0.3, -0.25) is 0 Å². The largest absolute Gasteiger partial charge is 0.375 e. The molecule has 1 nitrogen and oxygen atoms in total. The zero-order chi connectivity index (χ0) is 36.4. The Labute approximate surface area is 311 Å². The van der Waals surface area contributed by atoms with Gasteiger partial charge in [0.2, 0.25) is 0 Å². The zero-order valence-corrected chi connectivity index (χ0v) is 33.8. The Bertz CT molecular complexity index is 2350. The molecule has 0 amide bonds. The lowest BCUT2D eigenvalue weighted by molar-refractivity contribution is 0.574. The van der Waals surface area contributed by atoms with Crippen molar-refractivity contribution in [2.75, 3.05) is 4.81 Å². The van der Waals surface area contributed by atoms with Gasteiger partial charge in [0.05, 0.1) is 0 Å². The van der Waals surface area contributed by atoms with E-state index in [2.05, 4.69) is 174 Å². The van der Waals surface area contributed by atoms with Crippen molar-refractivity contribution in [3.8, 4) is 22.3 Å². The predicted molar refractivity (Wildman–Crippen MR) is 222 cm³/mol. The van der Waals surface area contributed by atoms with E-state index in [9.17, 15) is 0 Å². The summed E-state index contributed by atoms with van der Waals surface area (Å²) in [6.07, 6.45) is 0. The van der Waals surface area contributed by atoms with E-state index in [-0.39, 0.29) is 33.9 Å². The molecule has 5 aromatic carbocycles. The fourth-order valence-electron chi connectivity index (χ4n) is 9.49. The summed E-state index contributed by atoms with van der Waals surface area (Å²) < 4.78 is 0. The van der Waals surface area contributed by atoms with Crippen LogP contribution in [-0.2, 0) is 27.1 Å². The molecule has 0 fully saturated rings. The Morgan fingerprint density at radius 2 is 1.04 bits per heavy atom. The third kappa shape index (κ3) is 4.43. The quantitative estimate of drug-likeness (QED) is 0.149. The molecule has 5 aromatic rings. The maximum absolute atomic E-state index is 2.79. The molecule has 3 heteroatoms. The van der Waals surface area contributed by atoms with E-state index in [4.69, 9.17) is 0 Å². The van der Waals surface area contributed by atoms with Crippen molar-refractivity contribution in [2.45, 2.75) is 127 Å². The molecule has 0 atom stereocenters. The lowest BCUT2D eigenvalue weighted by atomic mass is 9.41. The summed E-state index contributed by atoms with van der Waals surface area (Å²) in [4.78, 5) is 5.61. The van der Waals surface area contributed by atoms with Gasteiger partial charge in [-0.15, -0.1) is 0 Å². The highest BCUT2D eigenvalue weighted by Crippen LogP contribution is 2.62. The molecule has 51 heavy (non-hydrogen) atoms. The Morgan fingerprint density at radius 3 is 1.67 bits per heavy atom. The lowest BCUT2D eigenvalue weighted by Crippen LogP contribution is -2.62. The summed E-state index contributed by atoms with van der Waals surface area (Å²) in [7, 11) is 0. The van der Waals surface area contributed by atoms with Crippen LogP contribution >= 0.6 is 11.8 Å². The predicted octanol–water partition coefficient (Wildman–Crippen LogP) is 11.9. The van der Waals surface area contributed by atoms with Gasteiger partial charge in [0.1, 0.15) is 0 Å². The summed E-state index contributed by atoms with van der Waals surface area (Å²) in [5.74, 6) is 0. The van der Waals surface area contributed by atoms with Crippen molar-refractivity contribution in [3.05, 3.63) is 118 Å². The fourth-order valence-corrected chi connectivity index (χ4v) is 11.0. The van der Waals surface area contributed by atoms with Gasteiger partial charge in [0.25, 0.3) is 0 Å². The first-order valence-electron chi connectivity index (χ1n) is 19.0. The molecule has 0 saturated carbocycles. The minimum absolute atomic E-state index is 0.00300. The van der Waals surface area contributed by atoms with Crippen molar-refractivity contribution in [2.24, 2.45) is 0 Å². The molecule has 0 radical (unpaired) electrons. The topological polar surface area (TPSA) is 3.24 Å². The van der Waals surface area contributed by atoms with Crippen molar-refractivity contribution >= 4 is 40.9 Å². The smallest absolute Gasteiger partial charge is 0.329 e. The second kappa shape index (κ2) is 10.0. The number of fused-ring (bicyclic) bond motifs is 9. The maximum atomic E-state index is 2.79. The van der Waals surface area contributed by atoms with Crippen LogP contribution in [0.4, 0.5) is 11.4 Å². The number of hydrogen-bond acceptors (Lipinski definition) is 2. The molecule has 0 aliphatic carbocycles. The molecule has 0 aromatic heterocycles. The number of hydrogen-bond donors (Lipinski definition) is 0. The van der Waals surface area contributed by atoms with Crippen molar-refractivity contribution < 1.29 is 0 Å². The molecular weight excluding hydrogens is 633 g/mol. The Kier molecular flexibility index (Phi) is 6.53. The second-order valence-electron chi connectivity index (χ2n) is 19.9. The molecule has 9 rings (SSSR count). The van der Waals surface area contributed by atoms with Crippen molar-refractivity contribution in [3.63, 3.8) is 0 Å². The molecule has 258 valence electrons. The summed E-state index contributed by atoms with van der Waals surface area (Å²) >= 11 is 2.00. The van der Waals surface area contributed by atoms with E-state index in [0.29, 0.717) is 0 Å². The van der Waals surface area contributed by atoms with Gasteiger partial charge in [-0.05, 0) is 95.4 Å². The standard InChI is InChI=1S/C48H52BNS/c1-44(2,3)27-18-20-37-30(22-27)31-23-28(45(4,5)6)25-35-41(31)50-42-32(24-29(46(7,8)9)26-36(42)48(35,12)13)40-38(49(37)50)21-19-34-43(40)51-39-17-15-14-16-33(39)47(34,10)11/h14-26H,1-13H3. The summed E-state index contributed by atoms with van der Waals surface area (Å²) in [5, 5.41) is 0. The average molecular weight is 686 g/mol. The highest BCUT2D eigenvalue weighted by Gasteiger charge is 2.52. The molecule has 4 aliphatic rings. The SMILES string of the molecule is CC(C)(C)c1ccc2c(c1)-c1cc(C(C)(C)C)cc3c1N1B2c2ccc4c(c2-c2cc(C(C)(C)C)cc(c21)C3(C)C)Sc1ccccc1C4(C)C. The summed E-state index contributed by atoms with van der Waals surface area (Å²) in [5.41, 5.74) is 21.1. The van der Waals surface area contributed by atoms with E-state index in [1.165, 1.54) is 93.3 Å². The van der Waals surface area contributed by atoms with Crippen LogP contribution in [-0.4, -0.2) is 6.85 Å². The van der Waals surface area contributed by atoms with Crippen molar-refractivity contribution in [1.29, 1.82) is 0 Å². The molecule has 0 bridgehead atoms. The average Bonchev–Trinajstić information content (AvgIpc) is 3.04. The highest BCUT2D eigenvalue weighted by molar-refractivity contribution is 7.99. The van der Waals surface area contributed by atoms with Crippen LogP contribution in [0.25, 0.3) is 22.3 Å². The van der Waals surface area contributed by atoms with Crippen LogP contribution in [0.1, 0.15) is 129 Å². The number of nitrogens with zero attached hydrogens (tertiary/aromatic N) is 1. The Balaban J connectivity index is 1.46. The van der Waals surface area contributed by atoms with Crippen LogP contribution in [0, 0.1) is 0 Å². The van der Waals surface area contributed by atoms with Gasteiger partial charge in [-0.2, -0.15) is 0 Å². The molecule has 4 aliphatic heterocycles. The van der Waals surface area contributed by atoms with Crippen LogP contribution in [0.5, 0.6) is 0 Å². The van der Waals surface area contributed by atoms with E-state index in [1.807, 2.05) is 11.8 Å². The lowest BCUT2D eigenvalue weighted by Gasteiger charge is -2.53. The first kappa shape index (κ1) is 33.2. The molecule has 0 unspecified atom stereocenters. The van der Waals surface area contributed by atoms with E-state index in [0.717, 1.165) is 0 Å². The summed E-state index contributed by atoms with van der Waals surface area (Å²) in [6, 6.07) is 31.8. The minimum Gasteiger partial charge on any atom is -0.375 e. The Hall–Kier alpha value is -3.69. The van der Waals surface area contributed by atoms with Gasteiger partial charge in [-0.1, -0.05) is 162 Å². The van der Waals surface area contributed by atoms with E-state index in [1.54, 1.807) is 0 Å². The third-order valence-electron chi connectivity index (χ3n) is 12.7. The minimum atomic E-state index is -0.192. The first-order valence-corrected chi connectivity index (χ1v) is 19.8. The van der Waals surface area contributed by atoms with E-state index >= 15 is 0 Å². The number of rotatable bonds is 0. The van der Waals surface area contributed by atoms with Gasteiger partial charge < -0.3 is 4.81 Å². The fraction of sp³-hybridized carbons (Fsp3) is 0.375. The van der Waals surface area contributed by atoms with Crippen LogP contribution < -0.4 is 15.7 Å². The highest BCUT2D eigenvalue weighted by atomic mass is 32.2. The molecular formula is C48H52BNS. The molecule has 0 spiro atoms. The molecule has 0 N–H and O–H groups in total. The number of benzene rings is 5. The van der Waals surface area contributed by atoms with Crippen LogP contribution in [0.3, 0.4) is 0 Å². The van der Waals surface area contributed by atoms with E-state index < -0.39 is 0 Å². The molecule has 0 saturated heterocycles. The Morgan fingerprint density at radius 1 is 0.510 bits per heavy atom. The van der Waals surface area contributed by atoms with Gasteiger partial charge in [0.15, 0.2) is 0 Å². The first-order chi connectivity index (χ1) is 23.7. The van der Waals surface area contributed by atoms with Gasteiger partial charge in [0, 0.05) is 43.1 Å².